The molecule has 0 bridgehead atoms. The molecule has 3 aliphatic rings. The van der Waals surface area contributed by atoms with E-state index in [1.54, 1.807) is 6.92 Å². The van der Waals surface area contributed by atoms with Crippen molar-refractivity contribution in [3.8, 4) is 5.88 Å². The standard InChI is InChI=1S/C26H33N5O3/c1-15-28-23(27)21-24(29-15)34-26(2,3)22(30-21)19-10-8-18(9-11-19)17-6-4-16(5-7-17)14-31-13-12-20(32)25(31)33/h8-11,16-17,20,32H,4-7,12-14H2,1-3H3,(H2,27,28,29)/t16-,17-,20?. The number of aliphatic imine (C=N–C) groups is 1. The molecule has 0 spiro atoms. The Morgan fingerprint density at radius 1 is 1.12 bits per heavy atom. The molecule has 8 nitrogen and oxygen atoms in total. The number of anilines is 1. The zero-order valence-electron chi connectivity index (χ0n) is 20.1. The maximum atomic E-state index is 12.0. The van der Waals surface area contributed by atoms with Gasteiger partial charge in [0.05, 0.1) is 5.71 Å². The van der Waals surface area contributed by atoms with Crippen LogP contribution in [0.5, 0.6) is 5.88 Å². The number of aliphatic hydroxyl groups excluding tert-OH is 1. The van der Waals surface area contributed by atoms with Crippen LogP contribution in [-0.2, 0) is 4.79 Å². The maximum absolute atomic E-state index is 12.0. The zero-order valence-corrected chi connectivity index (χ0v) is 20.1. The molecule has 1 saturated heterocycles. The Kier molecular flexibility index (Phi) is 5.80. The fraction of sp³-hybridized carbons (Fsp3) is 0.538. The number of aliphatic hydroxyl groups is 1. The molecule has 8 heteroatoms. The normalized spacial score (nSPS) is 26.1. The van der Waals surface area contributed by atoms with E-state index in [9.17, 15) is 9.90 Å². The Bertz CT molecular complexity index is 1120. The van der Waals surface area contributed by atoms with Crippen LogP contribution in [0.3, 0.4) is 0 Å². The van der Waals surface area contributed by atoms with E-state index in [0.29, 0.717) is 48.0 Å². The second-order valence-corrected chi connectivity index (χ2v) is 10.3. The van der Waals surface area contributed by atoms with E-state index in [-0.39, 0.29) is 5.91 Å². The number of amides is 1. The van der Waals surface area contributed by atoms with E-state index < -0.39 is 11.7 Å². The minimum atomic E-state index is -0.791. The van der Waals surface area contributed by atoms with Crippen LogP contribution < -0.4 is 10.5 Å². The van der Waals surface area contributed by atoms with Gasteiger partial charge in [-0.3, -0.25) is 4.79 Å². The maximum Gasteiger partial charge on any atom is 0.251 e. The van der Waals surface area contributed by atoms with Crippen LogP contribution in [0, 0.1) is 12.8 Å². The summed E-state index contributed by atoms with van der Waals surface area (Å²) < 4.78 is 6.17. The summed E-state index contributed by atoms with van der Waals surface area (Å²) in [5.41, 5.74) is 9.10. The predicted octanol–water partition coefficient (Wildman–Crippen LogP) is 3.53. The molecule has 1 aliphatic carbocycles. The molecule has 34 heavy (non-hydrogen) atoms. The van der Waals surface area contributed by atoms with Crippen LogP contribution >= 0.6 is 0 Å². The van der Waals surface area contributed by atoms with E-state index in [1.807, 2.05) is 18.7 Å². The fourth-order valence-corrected chi connectivity index (χ4v) is 5.49. The lowest BCUT2D eigenvalue weighted by molar-refractivity contribution is -0.135. The molecule has 1 aromatic heterocycles. The molecule has 0 radical (unpaired) electrons. The lowest BCUT2D eigenvalue weighted by Crippen LogP contribution is -2.41. The van der Waals surface area contributed by atoms with Crippen LogP contribution in [0.4, 0.5) is 11.5 Å². The van der Waals surface area contributed by atoms with Gasteiger partial charge in [-0.2, -0.15) is 4.98 Å². The average Bonchev–Trinajstić information content (AvgIpc) is 3.11. The molecule has 3 heterocycles. The predicted molar refractivity (Wildman–Crippen MR) is 130 cm³/mol. The molecule has 2 aromatic rings. The van der Waals surface area contributed by atoms with Gasteiger partial charge in [-0.25, -0.2) is 9.98 Å². The third-order valence-electron chi connectivity index (χ3n) is 7.39. The summed E-state index contributed by atoms with van der Waals surface area (Å²) in [6.07, 6.45) is 4.22. The molecule has 1 amide bonds. The van der Waals surface area contributed by atoms with Crippen molar-refractivity contribution in [3.63, 3.8) is 0 Å². The van der Waals surface area contributed by atoms with Crippen molar-refractivity contribution in [1.82, 2.24) is 14.9 Å². The fourth-order valence-electron chi connectivity index (χ4n) is 5.49. The monoisotopic (exact) mass is 463 g/mol. The molecule has 5 rings (SSSR count). The quantitative estimate of drug-likeness (QED) is 0.717. The molecule has 1 saturated carbocycles. The summed E-state index contributed by atoms with van der Waals surface area (Å²) in [7, 11) is 0. The number of nitrogens with two attached hydrogens (primary N) is 1. The Morgan fingerprint density at radius 3 is 2.47 bits per heavy atom. The topological polar surface area (TPSA) is 114 Å². The lowest BCUT2D eigenvalue weighted by atomic mass is 9.78. The molecular formula is C26H33N5O3. The van der Waals surface area contributed by atoms with E-state index >= 15 is 0 Å². The minimum Gasteiger partial charge on any atom is -0.463 e. The Labute approximate surface area is 200 Å². The first kappa shape index (κ1) is 22.8. The molecule has 2 aliphatic heterocycles. The first-order chi connectivity index (χ1) is 16.2. The highest BCUT2D eigenvalue weighted by Gasteiger charge is 2.36. The second kappa shape index (κ2) is 8.65. The van der Waals surface area contributed by atoms with Gasteiger partial charge in [0.2, 0.25) is 5.88 Å². The number of aromatic nitrogens is 2. The number of carbonyl (C=O) groups is 1. The van der Waals surface area contributed by atoms with Crippen LogP contribution in [0.1, 0.15) is 68.8 Å². The van der Waals surface area contributed by atoms with Crippen LogP contribution in [0.2, 0.25) is 0 Å². The third-order valence-corrected chi connectivity index (χ3v) is 7.39. The molecule has 2 fully saturated rings. The summed E-state index contributed by atoms with van der Waals surface area (Å²) >= 11 is 0. The van der Waals surface area contributed by atoms with Gasteiger partial charge in [0.25, 0.3) is 5.91 Å². The van der Waals surface area contributed by atoms with E-state index in [2.05, 4.69) is 34.2 Å². The second-order valence-electron chi connectivity index (χ2n) is 10.3. The number of nitrogen functional groups attached to an aromatic ring is 1. The SMILES string of the molecule is Cc1nc(N)c2c(n1)OC(C)(C)C(c1ccc([C@H]3CC[C@H](CN4CCC(O)C4=O)CC3)cc1)=N2. The van der Waals surface area contributed by atoms with Crippen molar-refractivity contribution in [3.05, 3.63) is 41.2 Å². The van der Waals surface area contributed by atoms with E-state index in [0.717, 1.165) is 43.5 Å². The molecule has 1 atom stereocenters. The largest absolute Gasteiger partial charge is 0.463 e. The summed E-state index contributed by atoms with van der Waals surface area (Å²) in [6, 6.07) is 8.63. The van der Waals surface area contributed by atoms with E-state index in [4.69, 9.17) is 15.5 Å². The van der Waals surface area contributed by atoms with Gasteiger partial charge >= 0.3 is 0 Å². The van der Waals surface area contributed by atoms with Crippen LogP contribution in [-0.4, -0.2) is 56.4 Å². The van der Waals surface area contributed by atoms with Gasteiger partial charge in [0.1, 0.15) is 17.5 Å². The Balaban J connectivity index is 1.27. The van der Waals surface area contributed by atoms with Gasteiger partial charge in [-0.15, -0.1) is 0 Å². The first-order valence-electron chi connectivity index (χ1n) is 12.2. The number of likely N-dealkylation sites (tertiary alicyclic amines) is 1. The van der Waals surface area contributed by atoms with Gasteiger partial charge in [-0.1, -0.05) is 24.3 Å². The van der Waals surface area contributed by atoms with Crippen molar-refractivity contribution in [2.45, 2.75) is 70.5 Å². The van der Waals surface area contributed by atoms with Crippen LogP contribution in [0.15, 0.2) is 29.3 Å². The van der Waals surface area contributed by atoms with Gasteiger partial charge in [-0.05, 0) is 70.3 Å². The number of aryl methyl sites for hydroxylation is 1. The number of benzene rings is 1. The minimum absolute atomic E-state index is 0.0960. The number of nitrogens with zero attached hydrogens (tertiary/aromatic N) is 4. The summed E-state index contributed by atoms with van der Waals surface area (Å²) in [4.78, 5) is 27.3. The van der Waals surface area contributed by atoms with Crippen molar-refractivity contribution < 1.29 is 14.6 Å². The Morgan fingerprint density at radius 2 is 1.82 bits per heavy atom. The summed E-state index contributed by atoms with van der Waals surface area (Å²) in [6.45, 7) is 7.23. The number of hydrogen-bond acceptors (Lipinski definition) is 7. The Hall–Kier alpha value is -3.00. The number of rotatable bonds is 4. The van der Waals surface area contributed by atoms with Crippen molar-refractivity contribution in [2.24, 2.45) is 10.9 Å². The molecular weight excluding hydrogens is 430 g/mol. The van der Waals surface area contributed by atoms with Crippen molar-refractivity contribution in [1.29, 1.82) is 0 Å². The number of carbonyl (C=O) groups excluding carboxylic acids is 1. The number of hydrogen-bond donors (Lipinski definition) is 2. The van der Waals surface area contributed by atoms with E-state index in [1.165, 1.54) is 5.56 Å². The zero-order chi connectivity index (χ0) is 24.0. The third kappa shape index (κ3) is 4.27. The summed E-state index contributed by atoms with van der Waals surface area (Å²) in [5.74, 6) is 2.27. The lowest BCUT2D eigenvalue weighted by Gasteiger charge is -2.33. The molecule has 1 aromatic carbocycles. The number of fused-ring (bicyclic) bond motifs is 1. The van der Waals surface area contributed by atoms with Gasteiger partial charge in [0, 0.05) is 18.7 Å². The van der Waals surface area contributed by atoms with Crippen LogP contribution in [0.25, 0.3) is 0 Å². The van der Waals surface area contributed by atoms with Gasteiger partial charge in [0.15, 0.2) is 11.5 Å². The summed E-state index contributed by atoms with van der Waals surface area (Å²) in [5, 5.41) is 9.69. The van der Waals surface area contributed by atoms with Gasteiger partial charge < -0.3 is 20.5 Å². The smallest absolute Gasteiger partial charge is 0.251 e. The molecule has 3 N–H and O–H groups in total. The van der Waals surface area contributed by atoms with Crippen molar-refractivity contribution >= 4 is 23.1 Å². The molecule has 1 unspecified atom stereocenters. The first-order valence-corrected chi connectivity index (χ1v) is 12.2. The molecule has 180 valence electrons. The highest BCUT2D eigenvalue weighted by molar-refractivity contribution is 6.09. The number of ether oxygens (including phenoxy) is 1. The highest BCUT2D eigenvalue weighted by atomic mass is 16.5. The average molecular weight is 464 g/mol. The highest BCUT2D eigenvalue weighted by Crippen LogP contribution is 2.40. The van der Waals surface area contributed by atoms with Crippen molar-refractivity contribution in [2.75, 3.05) is 18.8 Å².